The second-order valence-corrected chi connectivity index (χ2v) is 7.30. The summed E-state index contributed by atoms with van der Waals surface area (Å²) in [6.45, 7) is 2.07. The van der Waals surface area contributed by atoms with E-state index in [0.29, 0.717) is 22.9 Å². The van der Waals surface area contributed by atoms with Gasteiger partial charge in [0.1, 0.15) is 17.3 Å². The first-order valence-corrected chi connectivity index (χ1v) is 9.91. The lowest BCUT2D eigenvalue weighted by Gasteiger charge is -2.26. The van der Waals surface area contributed by atoms with Crippen LogP contribution in [0.2, 0.25) is 5.02 Å². The summed E-state index contributed by atoms with van der Waals surface area (Å²) in [5.41, 5.74) is 1.56. The van der Waals surface area contributed by atoms with Crippen molar-refractivity contribution in [1.82, 2.24) is 9.88 Å². The van der Waals surface area contributed by atoms with Crippen LogP contribution in [-0.4, -0.2) is 28.9 Å². The monoisotopic (exact) mass is 395 g/mol. The summed E-state index contributed by atoms with van der Waals surface area (Å²) in [7, 11) is 0. The van der Waals surface area contributed by atoms with Gasteiger partial charge in [0.05, 0.1) is 17.1 Å². The second-order valence-electron chi connectivity index (χ2n) is 6.89. The molecular formula is C22H22ClN3O2. The zero-order valence-corrected chi connectivity index (χ0v) is 16.3. The summed E-state index contributed by atoms with van der Waals surface area (Å²) in [6, 6.07) is 15.5. The van der Waals surface area contributed by atoms with Gasteiger partial charge in [-0.05, 0) is 37.5 Å². The Morgan fingerprint density at radius 3 is 2.64 bits per heavy atom. The highest BCUT2D eigenvalue weighted by molar-refractivity contribution is 6.33. The Balaban J connectivity index is 1.40. The summed E-state index contributed by atoms with van der Waals surface area (Å²) < 4.78 is 5.88. The molecule has 4 rings (SSSR count). The van der Waals surface area contributed by atoms with E-state index >= 15 is 0 Å². The molecule has 0 aliphatic carbocycles. The Kier molecular flexibility index (Phi) is 5.63. The molecule has 1 aromatic carbocycles. The maximum absolute atomic E-state index is 12.6. The Bertz CT molecular complexity index is 949. The Labute approximate surface area is 169 Å². The van der Waals surface area contributed by atoms with Gasteiger partial charge in [-0.25, -0.2) is 4.98 Å². The van der Waals surface area contributed by atoms with Gasteiger partial charge < -0.3 is 14.6 Å². The number of piperidine rings is 1. The zero-order valence-electron chi connectivity index (χ0n) is 15.5. The van der Waals surface area contributed by atoms with E-state index in [1.165, 1.54) is 6.42 Å². The summed E-state index contributed by atoms with van der Waals surface area (Å²) in [6.07, 6.45) is 4.88. The third-order valence-electron chi connectivity index (χ3n) is 4.88. The Morgan fingerprint density at radius 1 is 1.11 bits per heavy atom. The van der Waals surface area contributed by atoms with Gasteiger partial charge in [0.25, 0.3) is 5.91 Å². The van der Waals surface area contributed by atoms with Gasteiger partial charge >= 0.3 is 0 Å². The van der Waals surface area contributed by atoms with Crippen molar-refractivity contribution in [1.29, 1.82) is 0 Å². The van der Waals surface area contributed by atoms with Gasteiger partial charge in [-0.15, -0.1) is 0 Å². The number of rotatable bonds is 5. The number of anilines is 1. The number of nitrogens with zero attached hydrogens (tertiary/aromatic N) is 2. The van der Waals surface area contributed by atoms with Crippen LogP contribution in [0, 0.1) is 0 Å². The molecule has 1 aliphatic heterocycles. The Morgan fingerprint density at radius 2 is 1.89 bits per heavy atom. The van der Waals surface area contributed by atoms with Crippen molar-refractivity contribution in [2.75, 3.05) is 18.4 Å². The predicted octanol–water partition coefficient (Wildman–Crippen LogP) is 5.23. The van der Waals surface area contributed by atoms with Crippen molar-refractivity contribution in [2.45, 2.75) is 25.8 Å². The molecular weight excluding hydrogens is 374 g/mol. The van der Waals surface area contributed by atoms with Crippen molar-refractivity contribution < 1.29 is 9.21 Å². The van der Waals surface area contributed by atoms with E-state index < -0.39 is 0 Å². The first-order valence-electron chi connectivity index (χ1n) is 9.53. The average Bonchev–Trinajstić information content (AvgIpc) is 3.23. The molecule has 0 unspecified atom stereocenters. The minimum Gasteiger partial charge on any atom is -0.459 e. The van der Waals surface area contributed by atoms with Crippen molar-refractivity contribution in [3.8, 4) is 11.3 Å². The number of hydrogen-bond donors (Lipinski definition) is 1. The number of carbonyl (C=O) groups excluding carboxylic acids is 1. The summed E-state index contributed by atoms with van der Waals surface area (Å²) in [5.74, 6) is 2.14. The van der Waals surface area contributed by atoms with E-state index in [9.17, 15) is 4.79 Å². The van der Waals surface area contributed by atoms with Crippen LogP contribution in [0.1, 0.15) is 35.4 Å². The fourth-order valence-electron chi connectivity index (χ4n) is 3.37. The molecule has 0 saturated carbocycles. The van der Waals surface area contributed by atoms with E-state index in [4.69, 9.17) is 16.0 Å². The fraction of sp³-hybridized carbons (Fsp3) is 0.273. The number of nitrogens with one attached hydrogen (secondary N) is 1. The minimum atomic E-state index is -0.000752. The molecule has 0 bridgehead atoms. The number of furan rings is 1. The van der Waals surface area contributed by atoms with E-state index in [1.54, 1.807) is 12.3 Å². The summed E-state index contributed by atoms with van der Waals surface area (Å²) in [5, 5.41) is 3.61. The first-order chi connectivity index (χ1) is 13.7. The zero-order chi connectivity index (χ0) is 19.3. The standard InChI is InChI=1S/C22H22ClN3O2/c23-19-13-17(22(27)26-11-5-2-6-12-26)14-24-21(19)25-15-18-9-10-20(28-18)16-7-3-1-4-8-16/h1,3-4,7-10,13-14H,2,5-6,11-12,15H2,(H,24,25). The molecule has 1 amide bonds. The normalized spacial score (nSPS) is 14.1. The van der Waals surface area contributed by atoms with Crippen molar-refractivity contribution in [3.63, 3.8) is 0 Å². The quantitative estimate of drug-likeness (QED) is 0.642. The molecule has 0 radical (unpaired) electrons. The van der Waals surface area contributed by atoms with Crippen molar-refractivity contribution in [2.24, 2.45) is 0 Å². The lowest BCUT2D eigenvalue weighted by Crippen LogP contribution is -2.35. The number of pyridine rings is 1. The van der Waals surface area contributed by atoms with Crippen LogP contribution >= 0.6 is 11.6 Å². The topological polar surface area (TPSA) is 58.4 Å². The van der Waals surface area contributed by atoms with E-state index in [-0.39, 0.29) is 5.91 Å². The van der Waals surface area contributed by atoms with Gasteiger partial charge in [-0.2, -0.15) is 0 Å². The van der Waals surface area contributed by atoms with Crippen LogP contribution in [0.3, 0.4) is 0 Å². The number of amides is 1. The number of hydrogen-bond acceptors (Lipinski definition) is 4. The number of benzene rings is 1. The van der Waals surface area contributed by atoms with E-state index in [1.807, 2.05) is 47.4 Å². The molecule has 1 N–H and O–H groups in total. The maximum atomic E-state index is 12.6. The highest BCUT2D eigenvalue weighted by atomic mass is 35.5. The van der Waals surface area contributed by atoms with E-state index in [2.05, 4.69) is 10.3 Å². The maximum Gasteiger partial charge on any atom is 0.255 e. The van der Waals surface area contributed by atoms with Crippen LogP contribution < -0.4 is 5.32 Å². The van der Waals surface area contributed by atoms with Gasteiger partial charge in [0.2, 0.25) is 0 Å². The molecule has 28 heavy (non-hydrogen) atoms. The number of aromatic nitrogens is 1. The Hall–Kier alpha value is -2.79. The molecule has 5 nitrogen and oxygen atoms in total. The van der Waals surface area contributed by atoms with Gasteiger partial charge in [-0.1, -0.05) is 41.9 Å². The molecule has 0 atom stereocenters. The molecule has 6 heteroatoms. The molecule has 1 fully saturated rings. The van der Waals surface area contributed by atoms with Gasteiger partial charge in [0, 0.05) is 24.8 Å². The van der Waals surface area contributed by atoms with Crippen LogP contribution in [0.5, 0.6) is 0 Å². The highest BCUT2D eigenvalue weighted by Gasteiger charge is 2.19. The number of halogens is 1. The molecule has 1 saturated heterocycles. The predicted molar refractivity (Wildman–Crippen MR) is 110 cm³/mol. The minimum absolute atomic E-state index is 0.000752. The van der Waals surface area contributed by atoms with Crippen LogP contribution in [-0.2, 0) is 6.54 Å². The average molecular weight is 396 g/mol. The van der Waals surface area contributed by atoms with Crippen LogP contribution in [0.4, 0.5) is 5.82 Å². The molecule has 3 aromatic rings. The first kappa shape index (κ1) is 18.6. The summed E-state index contributed by atoms with van der Waals surface area (Å²) in [4.78, 5) is 18.8. The van der Waals surface area contributed by atoms with Crippen LogP contribution in [0.25, 0.3) is 11.3 Å². The highest BCUT2D eigenvalue weighted by Crippen LogP contribution is 2.25. The SMILES string of the molecule is O=C(c1cnc(NCc2ccc(-c3ccccc3)o2)c(Cl)c1)N1CCCCC1. The van der Waals surface area contributed by atoms with E-state index in [0.717, 1.165) is 43.0 Å². The van der Waals surface area contributed by atoms with Crippen molar-refractivity contribution >= 4 is 23.3 Å². The molecule has 2 aromatic heterocycles. The smallest absolute Gasteiger partial charge is 0.255 e. The fourth-order valence-corrected chi connectivity index (χ4v) is 3.60. The molecule has 0 spiro atoms. The molecule has 1 aliphatic rings. The number of carbonyl (C=O) groups is 1. The lowest BCUT2D eigenvalue weighted by molar-refractivity contribution is 0.0724. The molecule has 3 heterocycles. The second kappa shape index (κ2) is 8.48. The third kappa shape index (κ3) is 4.20. The number of likely N-dealkylation sites (tertiary alicyclic amines) is 1. The van der Waals surface area contributed by atoms with Gasteiger partial charge in [0.15, 0.2) is 0 Å². The lowest BCUT2D eigenvalue weighted by atomic mass is 10.1. The summed E-state index contributed by atoms with van der Waals surface area (Å²) >= 11 is 6.35. The van der Waals surface area contributed by atoms with Crippen molar-refractivity contribution in [3.05, 3.63) is 71.1 Å². The van der Waals surface area contributed by atoms with Crippen LogP contribution in [0.15, 0.2) is 59.1 Å². The molecule has 144 valence electrons. The third-order valence-corrected chi connectivity index (χ3v) is 5.17. The van der Waals surface area contributed by atoms with Gasteiger partial charge in [-0.3, -0.25) is 4.79 Å². The largest absolute Gasteiger partial charge is 0.459 e.